The Balaban J connectivity index is 1.35. The highest BCUT2D eigenvalue weighted by Gasteiger charge is 2.34. The Labute approximate surface area is 141 Å². The first-order valence-electron chi connectivity index (χ1n) is 9.46. The van der Waals surface area contributed by atoms with Gasteiger partial charge in [-0.3, -0.25) is 4.90 Å². The van der Waals surface area contributed by atoms with Crippen LogP contribution in [0.5, 0.6) is 0 Å². The number of likely N-dealkylation sites (tertiary alicyclic amines) is 1. The van der Waals surface area contributed by atoms with Crippen molar-refractivity contribution < 1.29 is 5.11 Å². The molecule has 6 heteroatoms. The number of aromatic nitrogens is 4. The van der Waals surface area contributed by atoms with E-state index in [2.05, 4.69) is 21.2 Å². The lowest BCUT2D eigenvalue weighted by Crippen LogP contribution is -2.44. The number of hydrogen-bond acceptors (Lipinski definition) is 5. The van der Waals surface area contributed by atoms with Crippen LogP contribution in [0.25, 0.3) is 5.65 Å². The van der Waals surface area contributed by atoms with Crippen LogP contribution in [0.15, 0.2) is 6.07 Å². The van der Waals surface area contributed by atoms with E-state index in [1.807, 2.05) is 4.52 Å². The van der Waals surface area contributed by atoms with Gasteiger partial charge in [0.05, 0.1) is 11.8 Å². The van der Waals surface area contributed by atoms with Crippen LogP contribution in [-0.4, -0.2) is 55.1 Å². The summed E-state index contributed by atoms with van der Waals surface area (Å²) < 4.78 is 1.99. The molecule has 24 heavy (non-hydrogen) atoms. The Morgan fingerprint density at radius 2 is 1.88 bits per heavy atom. The van der Waals surface area contributed by atoms with E-state index < -0.39 is 0 Å². The van der Waals surface area contributed by atoms with Gasteiger partial charge in [0.1, 0.15) is 0 Å². The first-order valence-corrected chi connectivity index (χ1v) is 9.46. The number of nitrogens with zero attached hydrogens (tertiary/aromatic N) is 5. The van der Waals surface area contributed by atoms with E-state index in [4.69, 9.17) is 5.10 Å². The van der Waals surface area contributed by atoms with Crippen LogP contribution in [0.2, 0.25) is 0 Å². The number of aliphatic hydroxyl groups excluding tert-OH is 1. The van der Waals surface area contributed by atoms with Gasteiger partial charge in [-0.15, -0.1) is 10.2 Å². The Hall–Kier alpha value is -1.53. The summed E-state index contributed by atoms with van der Waals surface area (Å²) in [5.41, 5.74) is 3.49. The summed E-state index contributed by atoms with van der Waals surface area (Å²) in [6.07, 6.45) is 8.74. The minimum absolute atomic E-state index is 0.125. The molecule has 2 aromatic rings. The minimum atomic E-state index is -0.125. The molecular weight excluding hydrogens is 302 g/mol. The van der Waals surface area contributed by atoms with Gasteiger partial charge in [-0.05, 0) is 76.1 Å². The first kappa shape index (κ1) is 14.8. The molecule has 5 rings (SSSR count). The third kappa shape index (κ3) is 2.35. The van der Waals surface area contributed by atoms with Crippen LogP contribution in [0.1, 0.15) is 61.5 Å². The number of fused-ring (bicyclic) bond motifs is 2. The fourth-order valence-electron chi connectivity index (χ4n) is 4.89. The Bertz CT molecular complexity index is 749. The molecule has 2 unspecified atom stereocenters. The summed E-state index contributed by atoms with van der Waals surface area (Å²) in [7, 11) is 0. The molecule has 0 radical (unpaired) electrons. The third-order valence-corrected chi connectivity index (χ3v) is 6.25. The molecular formula is C18H25N5O. The van der Waals surface area contributed by atoms with Crippen molar-refractivity contribution in [2.24, 2.45) is 0 Å². The standard InChI is InChI=1S/C18H25N5O/c24-16-6-2-5-15(16)22-9-7-12(8-10-22)18-20-19-17-11-13-3-1-4-14(13)21-23(17)18/h11-12,15-16,24H,1-10H2. The van der Waals surface area contributed by atoms with E-state index in [0.717, 1.165) is 69.5 Å². The molecule has 2 atom stereocenters. The molecule has 1 saturated heterocycles. The van der Waals surface area contributed by atoms with Crippen molar-refractivity contribution in [2.75, 3.05) is 13.1 Å². The quantitative estimate of drug-likeness (QED) is 0.909. The molecule has 0 aromatic carbocycles. The highest BCUT2D eigenvalue weighted by Crippen LogP contribution is 2.32. The predicted molar refractivity (Wildman–Crippen MR) is 90.0 cm³/mol. The van der Waals surface area contributed by atoms with Crippen molar-refractivity contribution in [3.8, 4) is 0 Å². The van der Waals surface area contributed by atoms with E-state index in [0.29, 0.717) is 12.0 Å². The zero-order valence-electron chi connectivity index (χ0n) is 14.1. The molecule has 3 aliphatic rings. The SMILES string of the molecule is OC1CCCC1N1CCC(c2nnc3cc4c(nn23)CCC4)CC1. The van der Waals surface area contributed by atoms with Crippen LogP contribution in [-0.2, 0) is 12.8 Å². The van der Waals surface area contributed by atoms with Crippen molar-refractivity contribution in [1.82, 2.24) is 24.7 Å². The second kappa shape index (κ2) is 5.77. The summed E-state index contributed by atoms with van der Waals surface area (Å²) in [6, 6.07) is 2.55. The van der Waals surface area contributed by atoms with Gasteiger partial charge < -0.3 is 5.11 Å². The Morgan fingerprint density at radius 3 is 2.67 bits per heavy atom. The van der Waals surface area contributed by atoms with E-state index in [-0.39, 0.29) is 6.10 Å². The number of aryl methyl sites for hydroxylation is 2. The van der Waals surface area contributed by atoms with Gasteiger partial charge in [0.2, 0.25) is 0 Å². The Kier molecular flexibility index (Phi) is 3.56. The lowest BCUT2D eigenvalue weighted by molar-refractivity contribution is 0.0545. The molecule has 1 aliphatic heterocycles. The second-order valence-corrected chi connectivity index (χ2v) is 7.67. The molecule has 1 saturated carbocycles. The van der Waals surface area contributed by atoms with Crippen LogP contribution < -0.4 is 0 Å². The molecule has 6 nitrogen and oxygen atoms in total. The highest BCUT2D eigenvalue weighted by atomic mass is 16.3. The average Bonchev–Trinajstić information content (AvgIpc) is 3.32. The zero-order chi connectivity index (χ0) is 16.1. The molecule has 1 N–H and O–H groups in total. The largest absolute Gasteiger partial charge is 0.391 e. The predicted octanol–water partition coefficient (Wildman–Crippen LogP) is 1.71. The number of aliphatic hydroxyl groups is 1. The second-order valence-electron chi connectivity index (χ2n) is 7.67. The summed E-state index contributed by atoms with van der Waals surface area (Å²) in [5, 5.41) is 23.8. The maximum atomic E-state index is 10.1. The van der Waals surface area contributed by atoms with Crippen molar-refractivity contribution in [3.63, 3.8) is 0 Å². The van der Waals surface area contributed by atoms with Crippen molar-refractivity contribution in [3.05, 3.63) is 23.1 Å². The summed E-state index contributed by atoms with van der Waals surface area (Å²) in [4.78, 5) is 2.49. The third-order valence-electron chi connectivity index (χ3n) is 6.25. The van der Waals surface area contributed by atoms with E-state index >= 15 is 0 Å². The topological polar surface area (TPSA) is 66.5 Å². The molecule has 2 fully saturated rings. The summed E-state index contributed by atoms with van der Waals surface area (Å²) in [5.74, 6) is 1.47. The molecule has 0 spiro atoms. The Morgan fingerprint density at radius 1 is 1.00 bits per heavy atom. The maximum Gasteiger partial charge on any atom is 0.178 e. The van der Waals surface area contributed by atoms with Gasteiger partial charge in [0, 0.05) is 12.0 Å². The fourth-order valence-corrected chi connectivity index (χ4v) is 4.89. The minimum Gasteiger partial charge on any atom is -0.391 e. The summed E-state index contributed by atoms with van der Waals surface area (Å²) in [6.45, 7) is 2.10. The maximum absolute atomic E-state index is 10.1. The smallest absolute Gasteiger partial charge is 0.178 e. The number of hydrogen-bond donors (Lipinski definition) is 1. The van der Waals surface area contributed by atoms with E-state index in [9.17, 15) is 5.11 Å². The van der Waals surface area contributed by atoms with Gasteiger partial charge in [0.15, 0.2) is 11.5 Å². The van der Waals surface area contributed by atoms with Gasteiger partial charge in [-0.25, -0.2) is 0 Å². The lowest BCUT2D eigenvalue weighted by atomic mass is 9.94. The average molecular weight is 327 g/mol. The van der Waals surface area contributed by atoms with Crippen molar-refractivity contribution >= 4 is 5.65 Å². The van der Waals surface area contributed by atoms with Crippen LogP contribution in [0, 0.1) is 0 Å². The molecule has 3 heterocycles. The van der Waals surface area contributed by atoms with Crippen LogP contribution in [0.3, 0.4) is 0 Å². The van der Waals surface area contributed by atoms with Crippen molar-refractivity contribution in [1.29, 1.82) is 0 Å². The number of rotatable bonds is 2. The zero-order valence-corrected chi connectivity index (χ0v) is 14.1. The van der Waals surface area contributed by atoms with Crippen LogP contribution in [0.4, 0.5) is 0 Å². The van der Waals surface area contributed by atoms with Gasteiger partial charge in [0.25, 0.3) is 0 Å². The molecule has 0 amide bonds. The van der Waals surface area contributed by atoms with Gasteiger partial charge >= 0.3 is 0 Å². The van der Waals surface area contributed by atoms with E-state index in [1.54, 1.807) is 0 Å². The van der Waals surface area contributed by atoms with Gasteiger partial charge in [-0.1, -0.05) is 0 Å². The van der Waals surface area contributed by atoms with E-state index in [1.165, 1.54) is 17.7 Å². The van der Waals surface area contributed by atoms with Crippen molar-refractivity contribution in [2.45, 2.75) is 69.4 Å². The fraction of sp³-hybridized carbons (Fsp3) is 0.722. The van der Waals surface area contributed by atoms with Gasteiger partial charge in [-0.2, -0.15) is 9.61 Å². The normalized spacial score (nSPS) is 28.7. The molecule has 2 aromatic heterocycles. The molecule has 0 bridgehead atoms. The first-order chi connectivity index (χ1) is 11.8. The highest BCUT2D eigenvalue weighted by molar-refractivity contribution is 5.43. The van der Waals surface area contributed by atoms with Crippen LogP contribution >= 0.6 is 0 Å². The summed E-state index contributed by atoms with van der Waals surface area (Å²) >= 11 is 0. The number of piperidine rings is 1. The monoisotopic (exact) mass is 327 g/mol. The lowest BCUT2D eigenvalue weighted by Gasteiger charge is -2.36. The molecule has 2 aliphatic carbocycles. The molecule has 128 valence electrons.